The second-order valence-corrected chi connectivity index (χ2v) is 9.97. The van der Waals surface area contributed by atoms with Crippen molar-refractivity contribution in [2.24, 2.45) is 0 Å². The number of carbonyl (C=O) groups is 1. The molecule has 3 rings (SSSR count). The molecule has 0 aliphatic heterocycles. The predicted molar refractivity (Wildman–Crippen MR) is 130 cm³/mol. The van der Waals surface area contributed by atoms with Gasteiger partial charge in [0.2, 0.25) is 15.9 Å². The zero-order chi connectivity index (χ0) is 24.9. The van der Waals surface area contributed by atoms with Gasteiger partial charge in [0.1, 0.15) is 16.5 Å². The van der Waals surface area contributed by atoms with E-state index in [9.17, 15) is 17.6 Å². The molecular weight excluding hydrogens is 455 g/mol. The lowest BCUT2D eigenvalue weighted by Crippen LogP contribution is -2.30. The average Bonchev–Trinajstić information content (AvgIpc) is 2.84. The number of rotatable bonds is 8. The van der Waals surface area contributed by atoms with Crippen LogP contribution in [0.5, 0.6) is 5.75 Å². The molecule has 0 N–H and O–H groups in total. The van der Waals surface area contributed by atoms with Crippen LogP contribution in [0.3, 0.4) is 0 Å². The number of hydrogen-bond acceptors (Lipinski definition) is 4. The van der Waals surface area contributed by atoms with Crippen LogP contribution in [0.2, 0.25) is 0 Å². The molecule has 34 heavy (non-hydrogen) atoms. The largest absolute Gasteiger partial charge is 0.495 e. The Morgan fingerprint density at radius 1 is 0.941 bits per heavy atom. The van der Waals surface area contributed by atoms with Gasteiger partial charge in [0, 0.05) is 27.2 Å². The minimum Gasteiger partial charge on any atom is -0.495 e. The molecular formula is C26H27FN2O4S. The number of halogens is 1. The molecule has 0 fully saturated rings. The van der Waals surface area contributed by atoms with Gasteiger partial charge >= 0.3 is 0 Å². The van der Waals surface area contributed by atoms with Gasteiger partial charge in [-0.1, -0.05) is 48.5 Å². The highest BCUT2D eigenvalue weighted by Crippen LogP contribution is 2.29. The maximum atomic E-state index is 13.5. The van der Waals surface area contributed by atoms with Crippen molar-refractivity contribution in [2.45, 2.75) is 10.9 Å². The van der Waals surface area contributed by atoms with Crippen LogP contribution in [-0.2, 0) is 14.8 Å². The van der Waals surface area contributed by atoms with Crippen LogP contribution in [0.1, 0.15) is 22.7 Å². The maximum Gasteiger partial charge on any atom is 0.247 e. The molecule has 1 atom stereocenters. The lowest BCUT2D eigenvalue weighted by atomic mass is 9.97. The monoisotopic (exact) mass is 482 g/mol. The summed E-state index contributed by atoms with van der Waals surface area (Å²) < 4.78 is 45.1. The lowest BCUT2D eigenvalue weighted by molar-refractivity contribution is -0.126. The SMILES string of the molecule is COc1ccc(/C=C/C(=O)N(C)C(c2ccccc2)c2ccc(F)cc2)cc1S(=O)(=O)N(C)C. The van der Waals surface area contributed by atoms with Crippen molar-refractivity contribution < 1.29 is 22.3 Å². The summed E-state index contributed by atoms with van der Waals surface area (Å²) in [5, 5.41) is 0. The van der Waals surface area contributed by atoms with E-state index in [0.717, 1.165) is 15.4 Å². The Hall–Kier alpha value is -3.49. The van der Waals surface area contributed by atoms with Crippen molar-refractivity contribution in [1.82, 2.24) is 9.21 Å². The highest BCUT2D eigenvalue weighted by molar-refractivity contribution is 7.89. The minimum atomic E-state index is -3.74. The minimum absolute atomic E-state index is 0.0106. The second-order valence-electron chi connectivity index (χ2n) is 7.84. The molecule has 0 radical (unpaired) electrons. The Balaban J connectivity index is 1.93. The summed E-state index contributed by atoms with van der Waals surface area (Å²) in [5.74, 6) is -0.437. The van der Waals surface area contributed by atoms with Crippen LogP contribution in [0.25, 0.3) is 6.08 Å². The number of carbonyl (C=O) groups excluding carboxylic acids is 1. The van der Waals surface area contributed by atoms with E-state index in [1.807, 2.05) is 30.3 Å². The van der Waals surface area contributed by atoms with Crippen LogP contribution in [0, 0.1) is 5.82 Å². The van der Waals surface area contributed by atoms with E-state index >= 15 is 0 Å². The van der Waals surface area contributed by atoms with Gasteiger partial charge in [0.25, 0.3) is 0 Å². The van der Waals surface area contributed by atoms with Gasteiger partial charge in [0.15, 0.2) is 0 Å². The molecule has 0 saturated carbocycles. The fourth-order valence-electron chi connectivity index (χ4n) is 3.53. The van der Waals surface area contributed by atoms with E-state index in [-0.39, 0.29) is 22.4 Å². The first kappa shape index (κ1) is 25.1. The third-order valence-corrected chi connectivity index (χ3v) is 7.24. The van der Waals surface area contributed by atoms with Gasteiger partial charge in [-0.15, -0.1) is 0 Å². The van der Waals surface area contributed by atoms with Gasteiger partial charge in [-0.3, -0.25) is 4.79 Å². The standard InChI is InChI=1S/C26H27FN2O4S/c1-28(2)34(31,32)24-18-19(10-16-23(24)33-4)11-17-25(30)29(3)26(20-8-6-5-7-9-20)21-12-14-22(27)15-13-21/h5-18,26H,1-4H3/b17-11+. The fraction of sp³-hybridized carbons (Fsp3) is 0.192. The van der Waals surface area contributed by atoms with Crippen LogP contribution < -0.4 is 4.74 Å². The molecule has 1 amide bonds. The zero-order valence-electron chi connectivity index (χ0n) is 19.5. The molecule has 0 saturated heterocycles. The van der Waals surface area contributed by atoms with Crippen LogP contribution in [0.15, 0.2) is 83.8 Å². The number of likely N-dealkylation sites (N-methyl/N-ethyl adjacent to an activating group) is 1. The number of nitrogens with zero attached hydrogens (tertiary/aromatic N) is 2. The van der Waals surface area contributed by atoms with Crippen LogP contribution in [0.4, 0.5) is 4.39 Å². The normalized spacial score (nSPS) is 12.6. The van der Waals surface area contributed by atoms with Crippen molar-refractivity contribution in [1.29, 1.82) is 0 Å². The van der Waals surface area contributed by atoms with Gasteiger partial charge in [-0.25, -0.2) is 17.1 Å². The molecule has 6 nitrogen and oxygen atoms in total. The van der Waals surface area contributed by atoms with Gasteiger partial charge in [-0.05, 0) is 47.0 Å². The summed E-state index contributed by atoms with van der Waals surface area (Å²) in [6.07, 6.45) is 2.94. The highest BCUT2D eigenvalue weighted by Gasteiger charge is 2.24. The molecule has 0 aliphatic rings. The molecule has 0 aliphatic carbocycles. The van der Waals surface area contributed by atoms with Crippen molar-refractivity contribution in [3.05, 3.63) is 101 Å². The van der Waals surface area contributed by atoms with E-state index in [1.165, 1.54) is 45.5 Å². The molecule has 0 aromatic heterocycles. The van der Waals surface area contributed by atoms with Crippen LogP contribution in [-0.4, -0.2) is 51.8 Å². The number of ether oxygens (including phenoxy) is 1. The van der Waals surface area contributed by atoms with Crippen molar-refractivity contribution in [3.63, 3.8) is 0 Å². The van der Waals surface area contributed by atoms with Gasteiger partial charge in [0.05, 0.1) is 13.2 Å². The Morgan fingerprint density at radius 3 is 2.15 bits per heavy atom. The number of methoxy groups -OCH3 is 1. The topological polar surface area (TPSA) is 66.9 Å². The maximum absolute atomic E-state index is 13.5. The molecule has 8 heteroatoms. The fourth-order valence-corrected chi connectivity index (χ4v) is 4.61. The van der Waals surface area contributed by atoms with Crippen molar-refractivity contribution in [2.75, 3.05) is 28.3 Å². The quantitative estimate of drug-likeness (QED) is 0.448. The summed E-state index contributed by atoms with van der Waals surface area (Å²) in [6.45, 7) is 0. The summed E-state index contributed by atoms with van der Waals surface area (Å²) in [4.78, 5) is 14.7. The molecule has 0 heterocycles. The Labute approximate surface area is 199 Å². The third kappa shape index (κ3) is 5.52. The number of sulfonamides is 1. The summed E-state index contributed by atoms with van der Waals surface area (Å²) in [7, 11) is 2.21. The van der Waals surface area contributed by atoms with E-state index in [4.69, 9.17) is 4.74 Å². The first-order chi connectivity index (χ1) is 16.1. The lowest BCUT2D eigenvalue weighted by Gasteiger charge is -2.28. The predicted octanol–water partition coefficient (Wildman–Crippen LogP) is 4.35. The zero-order valence-corrected chi connectivity index (χ0v) is 20.3. The third-order valence-electron chi connectivity index (χ3n) is 5.40. The second kappa shape index (κ2) is 10.6. The Morgan fingerprint density at radius 2 is 1.56 bits per heavy atom. The smallest absolute Gasteiger partial charge is 0.247 e. The van der Waals surface area contributed by atoms with E-state index in [1.54, 1.807) is 42.3 Å². The molecule has 1 unspecified atom stereocenters. The number of benzene rings is 3. The molecule has 0 bridgehead atoms. The Bertz CT molecular complexity index is 1270. The van der Waals surface area contributed by atoms with Gasteiger partial charge in [-0.2, -0.15) is 0 Å². The van der Waals surface area contributed by atoms with E-state index < -0.39 is 16.1 Å². The van der Waals surface area contributed by atoms with Crippen molar-refractivity contribution >= 4 is 22.0 Å². The number of hydrogen-bond donors (Lipinski definition) is 0. The number of amides is 1. The molecule has 3 aromatic rings. The van der Waals surface area contributed by atoms with Gasteiger partial charge < -0.3 is 9.64 Å². The average molecular weight is 483 g/mol. The van der Waals surface area contributed by atoms with E-state index in [2.05, 4.69) is 0 Å². The van der Waals surface area contributed by atoms with E-state index in [0.29, 0.717) is 5.56 Å². The van der Waals surface area contributed by atoms with Crippen LogP contribution >= 0.6 is 0 Å². The van der Waals surface area contributed by atoms with Crippen molar-refractivity contribution in [3.8, 4) is 5.75 Å². The summed E-state index contributed by atoms with van der Waals surface area (Å²) in [5.41, 5.74) is 2.17. The molecule has 3 aromatic carbocycles. The molecule has 178 valence electrons. The summed E-state index contributed by atoms with van der Waals surface area (Å²) >= 11 is 0. The molecule has 0 spiro atoms. The first-order valence-electron chi connectivity index (χ1n) is 10.5. The summed E-state index contributed by atoms with van der Waals surface area (Å²) in [6, 6.07) is 19.8. The first-order valence-corrected chi connectivity index (χ1v) is 11.9. The highest BCUT2D eigenvalue weighted by atomic mass is 32.2. The Kier molecular flexibility index (Phi) is 7.86.